The molecule has 0 atom stereocenters. The Kier molecular flexibility index (Phi) is 6.45. The molecule has 0 saturated heterocycles. The van der Waals surface area contributed by atoms with Crippen molar-refractivity contribution in [3.05, 3.63) is 62.5 Å². The van der Waals surface area contributed by atoms with Gasteiger partial charge in [-0.2, -0.15) is 0 Å². The lowest BCUT2D eigenvalue weighted by atomic mass is 10.1. The minimum atomic E-state index is -0.490. The molecule has 4 nitrogen and oxygen atoms in total. The first-order valence-electron chi connectivity index (χ1n) is 6.59. The molecule has 7 heteroatoms. The quantitative estimate of drug-likeness (QED) is 0.731. The third-order valence-corrected chi connectivity index (χ3v) is 4.31. The summed E-state index contributed by atoms with van der Waals surface area (Å²) in [6.07, 6.45) is 0.0779. The number of hydrogen-bond acceptors (Lipinski definition) is 3. The van der Waals surface area contributed by atoms with Gasteiger partial charge in [0.2, 0.25) is 0 Å². The summed E-state index contributed by atoms with van der Waals surface area (Å²) < 4.78 is 5.67. The average molecular weight is 417 g/mol. The van der Waals surface area contributed by atoms with Crippen molar-refractivity contribution < 1.29 is 14.3 Å². The lowest BCUT2D eigenvalue weighted by Crippen LogP contribution is -2.21. The van der Waals surface area contributed by atoms with Gasteiger partial charge in [0, 0.05) is 15.2 Å². The van der Waals surface area contributed by atoms with Crippen molar-refractivity contribution in [3.8, 4) is 0 Å². The predicted molar refractivity (Wildman–Crippen MR) is 93.9 cm³/mol. The van der Waals surface area contributed by atoms with Crippen LogP contribution in [0.3, 0.4) is 0 Å². The Morgan fingerprint density at radius 2 is 1.78 bits per heavy atom. The Labute approximate surface area is 151 Å². The second-order valence-electron chi connectivity index (χ2n) is 4.64. The molecule has 0 aliphatic heterocycles. The Hall–Kier alpha value is -1.56. The van der Waals surface area contributed by atoms with Crippen LogP contribution in [0.2, 0.25) is 10.0 Å². The zero-order valence-electron chi connectivity index (χ0n) is 11.8. The first-order chi connectivity index (χ1) is 10.9. The standard InChI is InChI=1S/C16H12BrCl2NO3/c17-13-6-5-12(8-14(13)19)20-15(21)9-23-16(22)7-10-1-3-11(18)4-2-10/h1-6,8H,7,9H2,(H,20,21). The van der Waals surface area contributed by atoms with Crippen molar-refractivity contribution in [3.63, 3.8) is 0 Å². The third-order valence-electron chi connectivity index (χ3n) is 2.83. The highest BCUT2D eigenvalue weighted by atomic mass is 79.9. The van der Waals surface area contributed by atoms with Gasteiger partial charge in [0.25, 0.3) is 5.91 Å². The Morgan fingerprint density at radius 1 is 1.09 bits per heavy atom. The Bertz CT molecular complexity index is 720. The molecule has 0 heterocycles. The number of carbonyl (C=O) groups excluding carboxylic acids is 2. The van der Waals surface area contributed by atoms with Crippen molar-refractivity contribution in [2.45, 2.75) is 6.42 Å². The van der Waals surface area contributed by atoms with E-state index in [1.165, 1.54) is 0 Å². The van der Waals surface area contributed by atoms with Gasteiger partial charge in [-0.05, 0) is 51.8 Å². The molecule has 2 aromatic carbocycles. The molecule has 0 spiro atoms. The maximum atomic E-state index is 11.7. The molecule has 0 saturated carbocycles. The molecule has 0 aromatic heterocycles. The third kappa shape index (κ3) is 5.86. The van der Waals surface area contributed by atoms with Gasteiger partial charge in [0.1, 0.15) is 0 Å². The topological polar surface area (TPSA) is 55.4 Å². The van der Waals surface area contributed by atoms with Gasteiger partial charge in [0.15, 0.2) is 6.61 Å². The minimum absolute atomic E-state index is 0.0779. The minimum Gasteiger partial charge on any atom is -0.455 e. The van der Waals surface area contributed by atoms with Gasteiger partial charge in [-0.15, -0.1) is 0 Å². The molecule has 0 aliphatic carbocycles. The predicted octanol–water partition coefficient (Wildman–Crippen LogP) is 4.48. The van der Waals surface area contributed by atoms with E-state index in [0.29, 0.717) is 15.7 Å². The van der Waals surface area contributed by atoms with E-state index in [9.17, 15) is 9.59 Å². The number of halogens is 3. The highest BCUT2D eigenvalue weighted by molar-refractivity contribution is 9.10. The maximum absolute atomic E-state index is 11.7. The number of hydrogen-bond donors (Lipinski definition) is 1. The van der Waals surface area contributed by atoms with Crippen LogP contribution in [0.25, 0.3) is 0 Å². The van der Waals surface area contributed by atoms with Crippen LogP contribution in [0.15, 0.2) is 46.9 Å². The molecule has 0 bridgehead atoms. The van der Waals surface area contributed by atoms with Crippen molar-refractivity contribution >= 4 is 56.7 Å². The number of nitrogens with one attached hydrogen (secondary N) is 1. The highest BCUT2D eigenvalue weighted by Gasteiger charge is 2.09. The molecular formula is C16H12BrCl2NO3. The zero-order chi connectivity index (χ0) is 16.8. The van der Waals surface area contributed by atoms with E-state index in [0.717, 1.165) is 10.0 Å². The summed E-state index contributed by atoms with van der Waals surface area (Å²) in [6, 6.07) is 11.8. The van der Waals surface area contributed by atoms with E-state index in [1.807, 2.05) is 0 Å². The summed E-state index contributed by atoms with van der Waals surface area (Å²) in [7, 11) is 0. The van der Waals surface area contributed by atoms with Crippen molar-refractivity contribution in [2.75, 3.05) is 11.9 Å². The maximum Gasteiger partial charge on any atom is 0.310 e. The summed E-state index contributed by atoms with van der Waals surface area (Å²) in [5, 5.41) is 3.66. The summed E-state index contributed by atoms with van der Waals surface area (Å²) in [5.41, 5.74) is 1.29. The molecule has 23 heavy (non-hydrogen) atoms. The number of esters is 1. The molecule has 2 rings (SSSR count). The summed E-state index contributed by atoms with van der Waals surface area (Å²) >= 11 is 15.0. The van der Waals surface area contributed by atoms with Crippen molar-refractivity contribution in [2.24, 2.45) is 0 Å². The summed E-state index contributed by atoms with van der Waals surface area (Å²) in [5.74, 6) is -0.927. The van der Waals surface area contributed by atoms with Crippen LogP contribution in [0, 0.1) is 0 Å². The molecule has 1 N–H and O–H groups in total. The number of carbonyl (C=O) groups is 2. The molecule has 2 aromatic rings. The molecule has 1 amide bonds. The largest absolute Gasteiger partial charge is 0.455 e. The van der Waals surface area contributed by atoms with Gasteiger partial charge in [-0.1, -0.05) is 35.3 Å². The Morgan fingerprint density at radius 3 is 2.43 bits per heavy atom. The molecule has 0 unspecified atom stereocenters. The molecule has 120 valence electrons. The second-order valence-corrected chi connectivity index (χ2v) is 6.34. The summed E-state index contributed by atoms with van der Waals surface area (Å²) in [4.78, 5) is 23.4. The zero-order valence-corrected chi connectivity index (χ0v) is 14.9. The Balaban J connectivity index is 1.80. The average Bonchev–Trinajstić information content (AvgIpc) is 2.51. The number of amides is 1. The van der Waals surface area contributed by atoms with Crippen LogP contribution >= 0.6 is 39.1 Å². The number of benzene rings is 2. The fourth-order valence-corrected chi connectivity index (χ4v) is 2.29. The van der Waals surface area contributed by atoms with Gasteiger partial charge < -0.3 is 10.1 Å². The van der Waals surface area contributed by atoms with E-state index in [2.05, 4.69) is 21.2 Å². The van der Waals surface area contributed by atoms with Gasteiger partial charge in [-0.3, -0.25) is 9.59 Å². The van der Waals surface area contributed by atoms with Crippen LogP contribution in [-0.2, 0) is 20.7 Å². The van der Waals surface area contributed by atoms with E-state index in [1.54, 1.807) is 42.5 Å². The molecular weight excluding hydrogens is 405 g/mol. The normalized spacial score (nSPS) is 10.2. The number of rotatable bonds is 5. The number of ether oxygens (including phenoxy) is 1. The smallest absolute Gasteiger partial charge is 0.310 e. The van der Waals surface area contributed by atoms with Gasteiger partial charge in [0.05, 0.1) is 11.4 Å². The van der Waals surface area contributed by atoms with E-state index in [4.69, 9.17) is 27.9 Å². The lowest BCUT2D eigenvalue weighted by molar-refractivity contribution is -0.146. The molecule has 0 radical (unpaired) electrons. The van der Waals surface area contributed by atoms with Crippen LogP contribution < -0.4 is 5.32 Å². The van der Waals surface area contributed by atoms with Crippen LogP contribution in [0.1, 0.15) is 5.56 Å². The van der Waals surface area contributed by atoms with E-state index >= 15 is 0 Å². The fourth-order valence-electron chi connectivity index (χ4n) is 1.74. The second kappa shape index (κ2) is 8.34. The van der Waals surface area contributed by atoms with Crippen LogP contribution in [0.5, 0.6) is 0 Å². The van der Waals surface area contributed by atoms with Crippen molar-refractivity contribution in [1.82, 2.24) is 0 Å². The van der Waals surface area contributed by atoms with Gasteiger partial charge in [-0.25, -0.2) is 0 Å². The van der Waals surface area contributed by atoms with Crippen LogP contribution in [-0.4, -0.2) is 18.5 Å². The fraction of sp³-hybridized carbons (Fsp3) is 0.125. The SMILES string of the molecule is O=C(COC(=O)Cc1ccc(Cl)cc1)Nc1ccc(Br)c(Cl)c1. The first kappa shape index (κ1) is 17.8. The molecule has 0 aliphatic rings. The monoisotopic (exact) mass is 415 g/mol. The summed E-state index contributed by atoms with van der Waals surface area (Å²) in [6.45, 7) is -0.361. The van der Waals surface area contributed by atoms with Crippen LogP contribution in [0.4, 0.5) is 5.69 Å². The van der Waals surface area contributed by atoms with Crippen molar-refractivity contribution in [1.29, 1.82) is 0 Å². The highest BCUT2D eigenvalue weighted by Crippen LogP contribution is 2.25. The molecule has 0 fully saturated rings. The van der Waals surface area contributed by atoms with E-state index < -0.39 is 11.9 Å². The van der Waals surface area contributed by atoms with Gasteiger partial charge >= 0.3 is 5.97 Å². The van der Waals surface area contributed by atoms with E-state index in [-0.39, 0.29) is 13.0 Å². The lowest BCUT2D eigenvalue weighted by Gasteiger charge is -2.07. The first-order valence-corrected chi connectivity index (χ1v) is 8.14. The number of anilines is 1.